The lowest BCUT2D eigenvalue weighted by molar-refractivity contribution is -0.126. The maximum absolute atomic E-state index is 12.6. The maximum atomic E-state index is 12.6. The van der Waals surface area contributed by atoms with Crippen LogP contribution < -0.4 is 5.32 Å². The van der Waals surface area contributed by atoms with E-state index in [0.717, 1.165) is 13.0 Å². The highest BCUT2D eigenvalue weighted by Crippen LogP contribution is 2.29. The van der Waals surface area contributed by atoms with Crippen molar-refractivity contribution in [1.82, 2.24) is 14.8 Å². The maximum Gasteiger partial charge on any atom is 0.285 e. The van der Waals surface area contributed by atoms with Crippen LogP contribution in [-0.2, 0) is 21.4 Å². The van der Waals surface area contributed by atoms with Crippen molar-refractivity contribution in [2.24, 2.45) is 10.3 Å². The Labute approximate surface area is 187 Å². The minimum atomic E-state index is -3.62. The van der Waals surface area contributed by atoms with Gasteiger partial charge in [0, 0.05) is 49.4 Å². The van der Waals surface area contributed by atoms with Gasteiger partial charge in [0.25, 0.3) is 10.0 Å². The first kappa shape index (κ1) is 20.8. The van der Waals surface area contributed by atoms with Crippen molar-refractivity contribution in [1.29, 1.82) is 0 Å². The summed E-state index contributed by atoms with van der Waals surface area (Å²) in [6.07, 6.45) is 4.34. The molecule has 0 saturated carbocycles. The van der Waals surface area contributed by atoms with Gasteiger partial charge >= 0.3 is 0 Å². The van der Waals surface area contributed by atoms with Crippen LogP contribution in [-0.4, -0.2) is 49.3 Å². The monoisotopic (exact) mass is 450 g/mol. The molecule has 7 nitrogen and oxygen atoms in total. The number of fused-ring (bicyclic) bond motifs is 2. The molecule has 0 unspecified atom stereocenters. The Morgan fingerprint density at radius 2 is 1.78 bits per heavy atom. The highest BCUT2D eigenvalue weighted by atomic mass is 32.2. The number of rotatable bonds is 5. The van der Waals surface area contributed by atoms with Crippen molar-refractivity contribution in [3.05, 3.63) is 66.4 Å². The van der Waals surface area contributed by atoms with Gasteiger partial charge in [-0.2, -0.15) is 8.42 Å². The number of nitrogens with one attached hydrogen (secondary N) is 1. The average Bonchev–Trinajstić information content (AvgIpc) is 3.35. The number of hydrogen-bond donors (Lipinski definition) is 1. The molecule has 5 rings (SSSR count). The number of likely N-dealkylation sites (tertiary alicyclic amines) is 1. The molecular formula is C24H26N4O3S. The van der Waals surface area contributed by atoms with E-state index in [1.54, 1.807) is 18.2 Å². The van der Waals surface area contributed by atoms with Gasteiger partial charge in [-0.25, -0.2) is 0 Å². The number of hydrogen-bond acceptors (Lipinski definition) is 4. The van der Waals surface area contributed by atoms with E-state index in [4.69, 9.17) is 0 Å². The number of aryl methyl sites for hydroxylation is 1. The SMILES string of the molecule is O=C(NCCCn1ccc2ccccc21)C1CCN(C2=NS(=O)(=O)c3ccccc32)CC1. The summed E-state index contributed by atoms with van der Waals surface area (Å²) >= 11 is 0. The summed E-state index contributed by atoms with van der Waals surface area (Å²) in [5.74, 6) is 0.550. The molecule has 0 spiro atoms. The summed E-state index contributed by atoms with van der Waals surface area (Å²) in [5.41, 5.74) is 1.87. The second-order valence-electron chi connectivity index (χ2n) is 8.36. The van der Waals surface area contributed by atoms with E-state index in [1.165, 1.54) is 10.9 Å². The zero-order valence-corrected chi connectivity index (χ0v) is 18.6. The summed E-state index contributed by atoms with van der Waals surface area (Å²) in [7, 11) is -3.62. The number of piperidine rings is 1. The summed E-state index contributed by atoms with van der Waals surface area (Å²) in [6, 6.07) is 17.3. The van der Waals surface area contributed by atoms with E-state index >= 15 is 0 Å². The van der Waals surface area contributed by atoms with E-state index in [2.05, 4.69) is 38.7 Å². The Morgan fingerprint density at radius 3 is 2.62 bits per heavy atom. The van der Waals surface area contributed by atoms with Crippen molar-refractivity contribution in [3.8, 4) is 0 Å². The average molecular weight is 451 g/mol. The van der Waals surface area contributed by atoms with E-state index in [-0.39, 0.29) is 16.7 Å². The summed E-state index contributed by atoms with van der Waals surface area (Å²) in [4.78, 5) is 14.9. The molecule has 0 atom stereocenters. The number of carbonyl (C=O) groups is 1. The third-order valence-corrected chi connectivity index (χ3v) is 7.66. The summed E-state index contributed by atoms with van der Waals surface area (Å²) in [5, 5.41) is 4.31. The quantitative estimate of drug-likeness (QED) is 0.606. The molecule has 0 radical (unpaired) electrons. The summed E-state index contributed by atoms with van der Waals surface area (Å²) in [6.45, 7) is 2.75. The number of nitrogens with zero attached hydrogens (tertiary/aromatic N) is 3. The van der Waals surface area contributed by atoms with Crippen LogP contribution in [0.4, 0.5) is 0 Å². The lowest BCUT2D eigenvalue weighted by Crippen LogP contribution is -2.43. The number of carbonyl (C=O) groups excluding carboxylic acids is 1. The minimum Gasteiger partial charge on any atom is -0.356 e. The van der Waals surface area contributed by atoms with Gasteiger partial charge in [0.15, 0.2) is 5.84 Å². The number of amides is 1. The Bertz CT molecular complexity index is 1290. The second kappa shape index (κ2) is 8.43. The molecule has 166 valence electrons. The first-order valence-corrected chi connectivity index (χ1v) is 12.5. The number of aromatic nitrogens is 1. The van der Waals surface area contributed by atoms with Crippen LogP contribution in [0.15, 0.2) is 70.1 Å². The van der Waals surface area contributed by atoms with Gasteiger partial charge < -0.3 is 14.8 Å². The second-order valence-corrected chi connectivity index (χ2v) is 9.93. The molecule has 32 heavy (non-hydrogen) atoms. The molecule has 2 aliphatic rings. The molecule has 3 heterocycles. The highest BCUT2D eigenvalue weighted by molar-refractivity contribution is 7.90. The molecule has 2 aromatic carbocycles. The molecule has 1 amide bonds. The fourth-order valence-electron chi connectivity index (χ4n) is 4.61. The van der Waals surface area contributed by atoms with Crippen LogP contribution >= 0.6 is 0 Å². The van der Waals surface area contributed by atoms with E-state index in [1.807, 2.05) is 23.1 Å². The molecule has 8 heteroatoms. The third kappa shape index (κ3) is 3.90. The Hall–Kier alpha value is -3.13. The Balaban J connectivity index is 1.11. The van der Waals surface area contributed by atoms with E-state index in [9.17, 15) is 13.2 Å². The normalized spacial score (nSPS) is 17.9. The molecule has 1 saturated heterocycles. The van der Waals surface area contributed by atoms with Crippen molar-refractivity contribution in [2.45, 2.75) is 30.7 Å². The van der Waals surface area contributed by atoms with Gasteiger partial charge in [-0.3, -0.25) is 4.79 Å². The lowest BCUT2D eigenvalue weighted by Gasteiger charge is -2.32. The third-order valence-electron chi connectivity index (χ3n) is 6.33. The number of benzene rings is 2. The minimum absolute atomic E-state index is 0.0486. The number of para-hydroxylation sites is 1. The van der Waals surface area contributed by atoms with Gasteiger partial charge in [-0.05, 0) is 48.9 Å². The largest absolute Gasteiger partial charge is 0.356 e. The molecule has 1 N–H and O–H groups in total. The smallest absolute Gasteiger partial charge is 0.285 e. The van der Waals surface area contributed by atoms with Gasteiger partial charge in [0.2, 0.25) is 5.91 Å². The molecular weight excluding hydrogens is 424 g/mol. The molecule has 3 aromatic rings. The fourth-order valence-corrected chi connectivity index (χ4v) is 5.84. The van der Waals surface area contributed by atoms with Gasteiger partial charge in [0.05, 0.1) is 0 Å². The standard InChI is InChI=1S/C24H26N4O3S/c29-24(25-13-5-14-27-15-10-18-6-1-3-8-21(18)27)19-11-16-28(17-12-19)23-20-7-2-4-9-22(20)32(30,31)26-23/h1-4,6-10,15,19H,5,11-14,16-17H2,(H,25,29). The van der Waals surface area contributed by atoms with Crippen molar-refractivity contribution in [2.75, 3.05) is 19.6 Å². The molecule has 0 bridgehead atoms. The van der Waals surface area contributed by atoms with Crippen molar-refractivity contribution >= 4 is 32.7 Å². The van der Waals surface area contributed by atoms with Gasteiger partial charge in [-0.15, -0.1) is 4.40 Å². The topological polar surface area (TPSA) is 83.8 Å². The molecule has 0 aliphatic carbocycles. The van der Waals surface area contributed by atoms with Crippen molar-refractivity contribution < 1.29 is 13.2 Å². The lowest BCUT2D eigenvalue weighted by atomic mass is 9.95. The van der Waals surface area contributed by atoms with Crippen LogP contribution in [0.2, 0.25) is 0 Å². The zero-order valence-electron chi connectivity index (χ0n) is 17.8. The Morgan fingerprint density at radius 1 is 1.03 bits per heavy atom. The molecule has 1 fully saturated rings. The number of sulfonamides is 1. The zero-order chi connectivity index (χ0) is 22.1. The van der Waals surface area contributed by atoms with E-state index < -0.39 is 10.0 Å². The number of amidine groups is 1. The Kier molecular flexibility index (Phi) is 5.46. The van der Waals surface area contributed by atoms with Gasteiger partial charge in [-0.1, -0.05) is 30.3 Å². The fraction of sp³-hybridized carbons (Fsp3) is 0.333. The summed E-state index contributed by atoms with van der Waals surface area (Å²) < 4.78 is 30.8. The first-order chi connectivity index (χ1) is 15.5. The molecule has 2 aliphatic heterocycles. The predicted octanol–water partition coefficient (Wildman–Crippen LogP) is 3.01. The van der Waals surface area contributed by atoms with Crippen LogP contribution in [0, 0.1) is 5.92 Å². The van der Waals surface area contributed by atoms with Gasteiger partial charge in [0.1, 0.15) is 4.90 Å². The van der Waals surface area contributed by atoms with Crippen LogP contribution in [0.5, 0.6) is 0 Å². The van der Waals surface area contributed by atoms with Crippen molar-refractivity contribution in [3.63, 3.8) is 0 Å². The van der Waals surface area contributed by atoms with Crippen LogP contribution in [0.1, 0.15) is 24.8 Å². The molecule has 1 aromatic heterocycles. The highest BCUT2D eigenvalue weighted by Gasteiger charge is 2.34. The van der Waals surface area contributed by atoms with Crippen LogP contribution in [0.25, 0.3) is 10.9 Å². The van der Waals surface area contributed by atoms with E-state index in [0.29, 0.717) is 43.9 Å². The predicted molar refractivity (Wildman–Crippen MR) is 124 cm³/mol. The first-order valence-electron chi connectivity index (χ1n) is 11.0. The van der Waals surface area contributed by atoms with Crippen LogP contribution in [0.3, 0.4) is 0 Å².